The molecule has 0 saturated carbocycles. The molecule has 1 aliphatic carbocycles. The molecule has 2 unspecified atom stereocenters. The Labute approximate surface area is 294 Å². The zero-order valence-electron chi connectivity index (χ0n) is 27.4. The molecule has 2 aromatic heterocycles. The van der Waals surface area contributed by atoms with Crippen LogP contribution in [0, 0.1) is 0 Å². The van der Waals surface area contributed by atoms with Crippen molar-refractivity contribution >= 4 is 59.2 Å². The van der Waals surface area contributed by atoms with Crippen molar-refractivity contribution in [2.24, 2.45) is 4.99 Å². The molecule has 10 rings (SSSR count). The number of hydrogen-bond donors (Lipinski definition) is 2. The van der Waals surface area contributed by atoms with Crippen LogP contribution in [0.5, 0.6) is 0 Å². The summed E-state index contributed by atoms with van der Waals surface area (Å²) in [4.78, 5) is 5.25. The lowest BCUT2D eigenvalue weighted by Crippen LogP contribution is -2.45. The van der Waals surface area contributed by atoms with Gasteiger partial charge in [0.25, 0.3) is 0 Å². The Bertz CT molecular complexity index is 2680. The number of nitrogens with one attached hydrogen (secondary N) is 2. The minimum absolute atomic E-state index is 0.0642. The number of aromatic nitrogens is 1. The maximum Gasteiger partial charge on any atom is 0.131 e. The second kappa shape index (κ2) is 12.0. The topological polar surface area (TPSA) is 41.4 Å². The van der Waals surface area contributed by atoms with E-state index in [0.717, 1.165) is 35.5 Å². The SMILES string of the molecule is C1=CC(C2=NC(c3cccc(-n4c5ccccc5c5cc(-c6cccc7c6sc6ccccc67)ccc54)c3)NC(c3ccccc3)N2)=CCC1. The summed E-state index contributed by atoms with van der Waals surface area (Å²) in [6, 6.07) is 50.7. The van der Waals surface area contributed by atoms with Gasteiger partial charge < -0.3 is 9.88 Å². The molecule has 50 heavy (non-hydrogen) atoms. The number of fused-ring (bicyclic) bond motifs is 6. The summed E-state index contributed by atoms with van der Waals surface area (Å²) in [6.45, 7) is 0. The van der Waals surface area contributed by atoms with E-state index in [4.69, 9.17) is 4.99 Å². The fourth-order valence-corrected chi connectivity index (χ4v) is 8.95. The van der Waals surface area contributed by atoms with Crippen molar-refractivity contribution in [2.45, 2.75) is 25.2 Å². The van der Waals surface area contributed by atoms with Crippen LogP contribution in [0.1, 0.15) is 36.3 Å². The van der Waals surface area contributed by atoms with Crippen LogP contribution in [0.2, 0.25) is 0 Å². The number of hydrogen-bond acceptors (Lipinski definition) is 4. The molecular formula is C45H34N4S. The van der Waals surface area contributed by atoms with E-state index in [2.05, 4.69) is 173 Å². The smallest absolute Gasteiger partial charge is 0.131 e. The Hall–Kier alpha value is -5.75. The van der Waals surface area contributed by atoms with E-state index in [1.165, 1.54) is 58.7 Å². The van der Waals surface area contributed by atoms with E-state index in [1.54, 1.807) is 0 Å². The molecule has 0 amide bonds. The van der Waals surface area contributed by atoms with Crippen LogP contribution < -0.4 is 10.6 Å². The number of thiophene rings is 1. The molecule has 2 atom stereocenters. The second-order valence-corrected chi connectivity index (χ2v) is 14.2. The Balaban J connectivity index is 1.09. The number of aliphatic imine (C=N–C) groups is 1. The minimum atomic E-state index is -0.214. The highest BCUT2D eigenvalue weighted by Crippen LogP contribution is 2.42. The van der Waals surface area contributed by atoms with Crippen LogP contribution in [-0.4, -0.2) is 10.4 Å². The zero-order chi connectivity index (χ0) is 33.0. The Morgan fingerprint density at radius 1 is 0.640 bits per heavy atom. The van der Waals surface area contributed by atoms with Crippen LogP contribution in [0.15, 0.2) is 168 Å². The van der Waals surface area contributed by atoms with E-state index in [0.29, 0.717) is 0 Å². The van der Waals surface area contributed by atoms with Crippen molar-refractivity contribution in [3.8, 4) is 16.8 Å². The maximum atomic E-state index is 5.25. The van der Waals surface area contributed by atoms with Gasteiger partial charge in [0, 0.05) is 42.2 Å². The highest BCUT2D eigenvalue weighted by atomic mass is 32.1. The van der Waals surface area contributed by atoms with Crippen molar-refractivity contribution < 1.29 is 0 Å². The molecule has 0 fully saturated rings. The van der Waals surface area contributed by atoms with Crippen LogP contribution in [0.4, 0.5) is 0 Å². The first-order valence-electron chi connectivity index (χ1n) is 17.4. The molecule has 8 aromatic rings. The first-order valence-corrected chi connectivity index (χ1v) is 18.2. The average molecular weight is 663 g/mol. The Morgan fingerprint density at radius 3 is 2.32 bits per heavy atom. The van der Waals surface area contributed by atoms with Gasteiger partial charge in [-0.1, -0.05) is 121 Å². The predicted octanol–water partition coefficient (Wildman–Crippen LogP) is 11.4. The number of benzene rings is 6. The number of amidine groups is 1. The highest BCUT2D eigenvalue weighted by Gasteiger charge is 2.26. The van der Waals surface area contributed by atoms with Gasteiger partial charge in [-0.3, -0.25) is 5.32 Å². The summed E-state index contributed by atoms with van der Waals surface area (Å²) in [7, 11) is 0. The van der Waals surface area contributed by atoms with Crippen molar-refractivity contribution in [2.75, 3.05) is 0 Å². The predicted molar refractivity (Wildman–Crippen MR) is 211 cm³/mol. The number of rotatable bonds is 5. The van der Waals surface area contributed by atoms with Gasteiger partial charge in [0.2, 0.25) is 0 Å². The lowest BCUT2D eigenvalue weighted by molar-refractivity contribution is 0.409. The quantitative estimate of drug-likeness (QED) is 0.193. The third kappa shape index (κ3) is 4.89. The van der Waals surface area contributed by atoms with Crippen LogP contribution >= 0.6 is 11.3 Å². The monoisotopic (exact) mass is 662 g/mol. The summed E-state index contributed by atoms with van der Waals surface area (Å²) < 4.78 is 5.08. The fraction of sp³-hybridized carbons (Fsp3) is 0.0889. The molecule has 0 radical (unpaired) electrons. The molecule has 2 N–H and O–H groups in total. The van der Waals surface area contributed by atoms with Gasteiger partial charge in [-0.2, -0.15) is 0 Å². The molecule has 3 heterocycles. The standard InChI is InChI=1S/C45H34N4S/c1-3-13-29(14-4-1)43-46-44(30-15-5-2-6-16-30)48-45(47-43)32-17-11-18-33(27-32)49-39-23-9-7-19-35(39)38-28-31(25-26-40(38)49)34-21-12-22-37-36-20-8-10-24-41(36)50-42(34)37/h1,3-5,7-28,43,45,47H,2,6H2,(H,46,48). The number of nitrogens with zero attached hydrogens (tertiary/aromatic N) is 2. The third-order valence-corrected chi connectivity index (χ3v) is 11.3. The normalized spacial score (nSPS) is 17.7. The van der Waals surface area contributed by atoms with Gasteiger partial charge in [-0.05, 0) is 71.5 Å². The first-order chi connectivity index (χ1) is 24.8. The van der Waals surface area contributed by atoms with E-state index in [1.807, 2.05) is 11.3 Å². The number of para-hydroxylation sites is 1. The van der Waals surface area contributed by atoms with Crippen LogP contribution in [0.25, 0.3) is 58.8 Å². The van der Waals surface area contributed by atoms with Crippen molar-refractivity contribution in [1.29, 1.82) is 0 Å². The summed E-state index contributed by atoms with van der Waals surface area (Å²) in [5.41, 5.74) is 9.50. The van der Waals surface area contributed by atoms with Crippen molar-refractivity contribution in [1.82, 2.24) is 15.2 Å². The van der Waals surface area contributed by atoms with E-state index in [9.17, 15) is 0 Å². The molecule has 5 heteroatoms. The molecular weight excluding hydrogens is 629 g/mol. The molecule has 1 aliphatic heterocycles. The van der Waals surface area contributed by atoms with Gasteiger partial charge in [-0.15, -0.1) is 11.3 Å². The Morgan fingerprint density at radius 2 is 1.42 bits per heavy atom. The van der Waals surface area contributed by atoms with Gasteiger partial charge in [0.15, 0.2) is 0 Å². The summed E-state index contributed by atoms with van der Waals surface area (Å²) in [6.07, 6.45) is 8.56. The Kier molecular flexibility index (Phi) is 7.00. The van der Waals surface area contributed by atoms with E-state index in [-0.39, 0.29) is 12.3 Å². The highest BCUT2D eigenvalue weighted by molar-refractivity contribution is 7.26. The first kappa shape index (κ1) is 29.2. The van der Waals surface area contributed by atoms with E-state index >= 15 is 0 Å². The molecule has 0 spiro atoms. The van der Waals surface area contributed by atoms with Gasteiger partial charge in [0.05, 0.1) is 11.0 Å². The maximum absolute atomic E-state index is 5.25. The summed E-state index contributed by atoms with van der Waals surface area (Å²) in [5, 5.41) is 12.6. The largest absolute Gasteiger partial charge is 0.350 e. The lowest BCUT2D eigenvalue weighted by atomic mass is 10.0. The minimum Gasteiger partial charge on any atom is -0.350 e. The molecule has 240 valence electrons. The molecule has 6 aromatic carbocycles. The van der Waals surface area contributed by atoms with Gasteiger partial charge in [-0.25, -0.2) is 4.99 Å². The second-order valence-electron chi connectivity index (χ2n) is 13.1. The summed E-state index contributed by atoms with van der Waals surface area (Å²) in [5.74, 6) is 0.932. The average Bonchev–Trinajstić information content (AvgIpc) is 3.74. The van der Waals surface area contributed by atoms with Gasteiger partial charge in [0.1, 0.15) is 18.2 Å². The summed E-state index contributed by atoms with van der Waals surface area (Å²) >= 11 is 1.88. The molecule has 4 nitrogen and oxygen atoms in total. The van der Waals surface area contributed by atoms with Crippen molar-refractivity contribution in [3.63, 3.8) is 0 Å². The molecule has 2 aliphatic rings. The zero-order valence-corrected chi connectivity index (χ0v) is 28.2. The van der Waals surface area contributed by atoms with Crippen molar-refractivity contribution in [3.05, 3.63) is 174 Å². The molecule has 0 bridgehead atoms. The third-order valence-electron chi connectivity index (χ3n) is 10.1. The van der Waals surface area contributed by atoms with E-state index < -0.39 is 0 Å². The fourth-order valence-electron chi connectivity index (χ4n) is 7.71. The number of allylic oxidation sites excluding steroid dienone is 2. The van der Waals surface area contributed by atoms with Gasteiger partial charge >= 0.3 is 0 Å². The van der Waals surface area contributed by atoms with Crippen LogP contribution in [-0.2, 0) is 0 Å². The van der Waals surface area contributed by atoms with Crippen LogP contribution in [0.3, 0.4) is 0 Å². The lowest BCUT2D eigenvalue weighted by Gasteiger charge is -2.33. The molecule has 0 saturated heterocycles.